The summed E-state index contributed by atoms with van der Waals surface area (Å²) in [6.45, 7) is 1.09. The van der Waals surface area contributed by atoms with Gasteiger partial charge in [0.05, 0.1) is 0 Å². The van der Waals surface area contributed by atoms with E-state index in [1.54, 1.807) is 0 Å². The second-order valence-electron chi connectivity index (χ2n) is 5.67. The SMILES string of the molecule is CSC1(Cn2ccc3c2CCCC3=O)CCCC1. The molecule has 2 aliphatic carbocycles. The van der Waals surface area contributed by atoms with E-state index >= 15 is 0 Å². The molecule has 3 rings (SSSR count). The zero-order chi connectivity index (χ0) is 12.6. The van der Waals surface area contributed by atoms with E-state index in [4.69, 9.17) is 0 Å². The molecule has 1 aromatic heterocycles. The Morgan fingerprint density at radius 3 is 2.78 bits per heavy atom. The van der Waals surface area contributed by atoms with Crippen LogP contribution in [0.1, 0.15) is 54.6 Å². The van der Waals surface area contributed by atoms with Gasteiger partial charge >= 0.3 is 0 Å². The zero-order valence-corrected chi connectivity index (χ0v) is 11.9. The molecular weight excluding hydrogens is 242 g/mol. The van der Waals surface area contributed by atoms with Crippen LogP contribution in [-0.4, -0.2) is 21.4 Å². The molecule has 0 bridgehead atoms. The molecule has 1 fully saturated rings. The second kappa shape index (κ2) is 4.76. The minimum atomic E-state index is 0.347. The summed E-state index contributed by atoms with van der Waals surface area (Å²) in [6, 6.07) is 2.04. The maximum Gasteiger partial charge on any atom is 0.164 e. The van der Waals surface area contributed by atoms with Crippen molar-refractivity contribution in [3.05, 3.63) is 23.5 Å². The lowest BCUT2D eigenvalue weighted by Gasteiger charge is -2.29. The molecule has 1 aromatic rings. The zero-order valence-electron chi connectivity index (χ0n) is 11.1. The molecule has 3 heteroatoms. The van der Waals surface area contributed by atoms with Gasteiger partial charge in [0.2, 0.25) is 0 Å². The van der Waals surface area contributed by atoms with Crippen LogP contribution in [0.25, 0.3) is 0 Å². The fourth-order valence-corrected chi connectivity index (χ4v) is 4.46. The molecule has 0 spiro atoms. The van der Waals surface area contributed by atoms with Crippen molar-refractivity contribution in [1.29, 1.82) is 0 Å². The monoisotopic (exact) mass is 263 g/mol. The first-order chi connectivity index (χ1) is 8.74. The first-order valence-corrected chi connectivity index (χ1v) is 8.23. The van der Waals surface area contributed by atoms with Crippen molar-refractivity contribution in [2.45, 2.75) is 56.2 Å². The van der Waals surface area contributed by atoms with E-state index in [0.717, 1.165) is 31.4 Å². The van der Waals surface area contributed by atoms with Crippen LogP contribution in [0.4, 0.5) is 0 Å². The maximum atomic E-state index is 11.9. The Bertz CT molecular complexity index is 457. The summed E-state index contributed by atoms with van der Waals surface area (Å²) in [7, 11) is 0. The van der Waals surface area contributed by atoms with Gasteiger partial charge in [-0.15, -0.1) is 0 Å². The van der Waals surface area contributed by atoms with Gasteiger partial charge in [0.15, 0.2) is 5.78 Å². The number of fused-ring (bicyclic) bond motifs is 1. The molecule has 2 nitrogen and oxygen atoms in total. The maximum absolute atomic E-state index is 11.9. The summed E-state index contributed by atoms with van der Waals surface area (Å²) in [5, 5.41) is 0. The minimum Gasteiger partial charge on any atom is -0.349 e. The van der Waals surface area contributed by atoms with Gasteiger partial charge in [-0.2, -0.15) is 11.8 Å². The number of ketones is 1. The number of carbonyl (C=O) groups excluding carboxylic acids is 1. The van der Waals surface area contributed by atoms with Gasteiger partial charge in [0, 0.05) is 35.2 Å². The molecule has 0 atom stereocenters. The lowest BCUT2D eigenvalue weighted by Crippen LogP contribution is -2.28. The topological polar surface area (TPSA) is 22.0 Å². The number of Topliss-reactive ketones (excluding diaryl/α,β-unsaturated/α-hetero) is 1. The average Bonchev–Trinajstić information content (AvgIpc) is 2.99. The van der Waals surface area contributed by atoms with Crippen LogP contribution in [0, 0.1) is 0 Å². The van der Waals surface area contributed by atoms with Crippen molar-refractivity contribution in [2.75, 3.05) is 6.26 Å². The Balaban J connectivity index is 1.87. The van der Waals surface area contributed by atoms with Crippen molar-refractivity contribution in [3.8, 4) is 0 Å². The van der Waals surface area contributed by atoms with Gasteiger partial charge in [-0.3, -0.25) is 4.79 Å². The van der Waals surface area contributed by atoms with Crippen molar-refractivity contribution in [2.24, 2.45) is 0 Å². The lowest BCUT2D eigenvalue weighted by molar-refractivity contribution is 0.0971. The van der Waals surface area contributed by atoms with E-state index in [2.05, 4.69) is 17.0 Å². The van der Waals surface area contributed by atoms with E-state index in [1.165, 1.54) is 31.4 Å². The molecule has 0 aromatic carbocycles. The Hall–Kier alpha value is -0.700. The van der Waals surface area contributed by atoms with Crippen LogP contribution in [-0.2, 0) is 13.0 Å². The van der Waals surface area contributed by atoms with E-state index in [1.807, 2.05) is 17.8 Å². The summed E-state index contributed by atoms with van der Waals surface area (Å²) in [4.78, 5) is 11.9. The molecule has 98 valence electrons. The summed E-state index contributed by atoms with van der Waals surface area (Å²) in [5.41, 5.74) is 2.29. The molecule has 0 unspecified atom stereocenters. The Morgan fingerprint density at radius 1 is 1.28 bits per heavy atom. The van der Waals surface area contributed by atoms with E-state index in [0.29, 0.717) is 10.5 Å². The van der Waals surface area contributed by atoms with Crippen LogP contribution in [0.5, 0.6) is 0 Å². The molecule has 0 aliphatic heterocycles. The molecule has 18 heavy (non-hydrogen) atoms. The molecule has 1 saturated carbocycles. The molecular formula is C15H21NOS. The van der Waals surface area contributed by atoms with Crippen LogP contribution in [0.2, 0.25) is 0 Å². The Morgan fingerprint density at radius 2 is 2.06 bits per heavy atom. The average molecular weight is 263 g/mol. The standard InChI is InChI=1S/C15H21NOS/c1-18-15(8-2-3-9-15)11-16-10-7-12-13(16)5-4-6-14(12)17/h7,10H,2-6,8-9,11H2,1H3. The number of thioether (sulfide) groups is 1. The lowest BCUT2D eigenvalue weighted by atomic mass is 9.96. The van der Waals surface area contributed by atoms with Gasteiger partial charge in [-0.25, -0.2) is 0 Å². The first-order valence-electron chi connectivity index (χ1n) is 7.00. The number of rotatable bonds is 3. The van der Waals surface area contributed by atoms with E-state index < -0.39 is 0 Å². The number of aromatic nitrogens is 1. The third kappa shape index (κ3) is 2.03. The van der Waals surface area contributed by atoms with Crippen LogP contribution in [0.15, 0.2) is 12.3 Å². The molecule has 0 saturated heterocycles. The fraction of sp³-hybridized carbons (Fsp3) is 0.667. The predicted molar refractivity (Wildman–Crippen MR) is 76.4 cm³/mol. The van der Waals surface area contributed by atoms with Crippen molar-refractivity contribution in [3.63, 3.8) is 0 Å². The highest BCUT2D eigenvalue weighted by molar-refractivity contribution is 8.00. The quantitative estimate of drug-likeness (QED) is 0.830. The number of nitrogens with zero attached hydrogens (tertiary/aromatic N) is 1. The van der Waals surface area contributed by atoms with E-state index in [-0.39, 0.29) is 0 Å². The molecule has 2 aliphatic rings. The van der Waals surface area contributed by atoms with Crippen molar-refractivity contribution in [1.82, 2.24) is 4.57 Å². The Labute approximate surface area is 113 Å². The summed E-state index contributed by atoms with van der Waals surface area (Å²) in [5.74, 6) is 0.347. The van der Waals surface area contributed by atoms with Gasteiger partial charge < -0.3 is 4.57 Å². The largest absolute Gasteiger partial charge is 0.349 e. The summed E-state index contributed by atoms with van der Waals surface area (Å²) in [6.07, 6.45) is 12.6. The Kier molecular flexibility index (Phi) is 3.27. The highest BCUT2D eigenvalue weighted by atomic mass is 32.2. The normalized spacial score (nSPS) is 22.2. The molecule has 1 heterocycles. The molecule has 0 amide bonds. The van der Waals surface area contributed by atoms with Crippen LogP contribution >= 0.6 is 11.8 Å². The third-order valence-corrected chi connectivity index (χ3v) is 6.01. The van der Waals surface area contributed by atoms with Gasteiger partial charge in [-0.1, -0.05) is 12.8 Å². The third-order valence-electron chi connectivity index (χ3n) is 4.60. The molecule has 0 radical (unpaired) electrons. The first kappa shape index (κ1) is 12.3. The van der Waals surface area contributed by atoms with Crippen LogP contribution in [0.3, 0.4) is 0 Å². The van der Waals surface area contributed by atoms with E-state index in [9.17, 15) is 4.79 Å². The fourth-order valence-electron chi connectivity index (χ4n) is 3.49. The summed E-state index contributed by atoms with van der Waals surface area (Å²) >= 11 is 2.02. The highest BCUT2D eigenvalue weighted by Crippen LogP contribution is 2.42. The summed E-state index contributed by atoms with van der Waals surface area (Å²) < 4.78 is 2.79. The van der Waals surface area contributed by atoms with Crippen molar-refractivity contribution < 1.29 is 4.79 Å². The van der Waals surface area contributed by atoms with Gasteiger partial charge in [0.1, 0.15) is 0 Å². The molecule has 0 N–H and O–H groups in total. The highest BCUT2D eigenvalue weighted by Gasteiger charge is 2.34. The van der Waals surface area contributed by atoms with Crippen LogP contribution < -0.4 is 0 Å². The number of carbonyl (C=O) groups is 1. The second-order valence-corrected chi connectivity index (χ2v) is 6.95. The number of hydrogen-bond donors (Lipinski definition) is 0. The van der Waals surface area contributed by atoms with Crippen molar-refractivity contribution >= 4 is 17.5 Å². The number of hydrogen-bond acceptors (Lipinski definition) is 2. The van der Waals surface area contributed by atoms with Gasteiger partial charge in [0.25, 0.3) is 0 Å². The van der Waals surface area contributed by atoms with Gasteiger partial charge in [-0.05, 0) is 38.0 Å². The minimum absolute atomic E-state index is 0.347. The smallest absolute Gasteiger partial charge is 0.164 e. The predicted octanol–water partition coefficient (Wildman–Crippen LogP) is 3.68.